The number of rotatable bonds is 12. The van der Waals surface area contributed by atoms with Gasteiger partial charge in [-0.15, -0.1) is 10.2 Å². The molecule has 0 aliphatic heterocycles. The molecule has 0 aliphatic carbocycles. The number of aryl methyl sites for hydroxylation is 1. The molecule has 2 heterocycles. The summed E-state index contributed by atoms with van der Waals surface area (Å²) in [7, 11) is 1.59. The summed E-state index contributed by atoms with van der Waals surface area (Å²) in [6.45, 7) is 4.23. The van der Waals surface area contributed by atoms with Crippen LogP contribution in [0.15, 0.2) is 89.3 Å². The van der Waals surface area contributed by atoms with Crippen molar-refractivity contribution in [2.45, 2.75) is 33.5 Å². The van der Waals surface area contributed by atoms with E-state index in [1.54, 1.807) is 30.7 Å². The molecule has 0 spiro atoms. The molecule has 0 N–H and O–H groups in total. The second-order valence-electron chi connectivity index (χ2n) is 9.01. The molecule has 0 radical (unpaired) electrons. The molecule has 0 saturated carbocycles. The van der Waals surface area contributed by atoms with Crippen molar-refractivity contribution in [2.75, 3.05) is 13.7 Å². The maximum Gasteiger partial charge on any atom is 0.359 e. The second kappa shape index (κ2) is 12.9. The summed E-state index contributed by atoms with van der Waals surface area (Å²) in [5.74, 6) is 1.20. The zero-order chi connectivity index (χ0) is 28.6. The van der Waals surface area contributed by atoms with E-state index in [0.717, 1.165) is 11.1 Å². The highest BCUT2D eigenvalue weighted by molar-refractivity contribution is 5.96. The summed E-state index contributed by atoms with van der Waals surface area (Å²) in [6.07, 6.45) is 0.540. The smallest absolute Gasteiger partial charge is 0.359 e. The largest absolute Gasteiger partial charge is 0.497 e. The molecule has 5 rings (SSSR count). The fraction of sp³-hybridized carbons (Fsp3) is 0.219. The molecule has 0 amide bonds. The van der Waals surface area contributed by atoms with Crippen LogP contribution in [0.25, 0.3) is 17.3 Å². The van der Waals surface area contributed by atoms with Crippen LogP contribution in [-0.2, 0) is 24.4 Å². The average Bonchev–Trinajstić information content (AvgIpc) is 3.62. The molecule has 0 fully saturated rings. The molecule has 210 valence electrons. The van der Waals surface area contributed by atoms with E-state index in [4.69, 9.17) is 23.4 Å². The van der Waals surface area contributed by atoms with Gasteiger partial charge in [0.25, 0.3) is 5.89 Å². The molecule has 0 unspecified atom stereocenters. The summed E-state index contributed by atoms with van der Waals surface area (Å²) in [5, 5.41) is 8.50. The SMILES string of the molecule is CCOC(=O)c1c(OCc2ccccc2)c(OCc2ccccc2)c(-c2nnc(CC)o2)n1-c1ccc(OC)cc1. The van der Waals surface area contributed by atoms with Gasteiger partial charge in [-0.1, -0.05) is 67.6 Å². The van der Waals surface area contributed by atoms with Crippen molar-refractivity contribution in [3.8, 4) is 34.5 Å². The van der Waals surface area contributed by atoms with Crippen LogP contribution in [0.4, 0.5) is 0 Å². The number of esters is 1. The predicted molar refractivity (Wildman–Crippen MR) is 152 cm³/mol. The summed E-state index contributed by atoms with van der Waals surface area (Å²) in [6, 6.07) is 26.6. The lowest BCUT2D eigenvalue weighted by Gasteiger charge is -2.13. The van der Waals surface area contributed by atoms with Gasteiger partial charge in [0.05, 0.1) is 13.7 Å². The van der Waals surface area contributed by atoms with Crippen LogP contribution in [-0.4, -0.2) is 34.5 Å². The molecular weight excluding hydrogens is 522 g/mol. The monoisotopic (exact) mass is 553 g/mol. The predicted octanol–water partition coefficient (Wildman–Crippen LogP) is 6.43. The van der Waals surface area contributed by atoms with E-state index in [2.05, 4.69) is 10.2 Å². The molecule has 2 aromatic heterocycles. The summed E-state index contributed by atoms with van der Waals surface area (Å²) in [5.41, 5.74) is 2.99. The Kier molecular flexibility index (Phi) is 8.64. The molecule has 9 heteroatoms. The zero-order valence-electron chi connectivity index (χ0n) is 23.2. The highest BCUT2D eigenvalue weighted by atomic mass is 16.5. The van der Waals surface area contributed by atoms with Gasteiger partial charge in [0.15, 0.2) is 22.9 Å². The molecule has 0 aliphatic rings. The van der Waals surface area contributed by atoms with Gasteiger partial charge in [-0.05, 0) is 42.3 Å². The first kappa shape index (κ1) is 27.5. The van der Waals surface area contributed by atoms with Gasteiger partial charge < -0.3 is 23.4 Å². The van der Waals surface area contributed by atoms with Crippen molar-refractivity contribution < 1.29 is 28.2 Å². The number of carbonyl (C=O) groups is 1. The average molecular weight is 554 g/mol. The Morgan fingerprint density at radius 2 is 1.41 bits per heavy atom. The number of aromatic nitrogens is 3. The zero-order valence-corrected chi connectivity index (χ0v) is 23.2. The molecule has 41 heavy (non-hydrogen) atoms. The summed E-state index contributed by atoms with van der Waals surface area (Å²) >= 11 is 0. The van der Waals surface area contributed by atoms with Crippen molar-refractivity contribution in [1.29, 1.82) is 0 Å². The number of hydrogen-bond donors (Lipinski definition) is 0. The Bertz CT molecular complexity index is 1580. The number of methoxy groups -OCH3 is 1. The van der Waals surface area contributed by atoms with Gasteiger partial charge in [-0.25, -0.2) is 4.79 Å². The molecule has 0 atom stereocenters. The first-order valence-corrected chi connectivity index (χ1v) is 13.4. The van der Waals surface area contributed by atoms with Gasteiger partial charge in [-0.3, -0.25) is 4.57 Å². The van der Waals surface area contributed by atoms with Crippen LogP contribution < -0.4 is 14.2 Å². The Balaban J connectivity index is 1.75. The Morgan fingerprint density at radius 1 is 0.805 bits per heavy atom. The maximum absolute atomic E-state index is 13.7. The van der Waals surface area contributed by atoms with Gasteiger partial charge in [-0.2, -0.15) is 0 Å². The topological polar surface area (TPSA) is 97.8 Å². The molecular formula is C32H31N3O6. The summed E-state index contributed by atoms with van der Waals surface area (Å²) < 4.78 is 31.5. The minimum absolute atomic E-state index is 0.141. The van der Waals surface area contributed by atoms with Crippen molar-refractivity contribution >= 4 is 5.97 Å². The second-order valence-corrected chi connectivity index (χ2v) is 9.01. The van der Waals surface area contributed by atoms with Crippen LogP contribution in [0.3, 0.4) is 0 Å². The van der Waals surface area contributed by atoms with Crippen LogP contribution in [0.2, 0.25) is 0 Å². The van der Waals surface area contributed by atoms with Crippen LogP contribution in [0.1, 0.15) is 41.4 Å². The molecule has 0 bridgehead atoms. The highest BCUT2D eigenvalue weighted by Gasteiger charge is 2.35. The fourth-order valence-electron chi connectivity index (χ4n) is 4.32. The van der Waals surface area contributed by atoms with Crippen molar-refractivity contribution in [1.82, 2.24) is 14.8 Å². The van der Waals surface area contributed by atoms with Crippen molar-refractivity contribution in [3.05, 3.63) is 108 Å². The molecule has 3 aromatic carbocycles. The highest BCUT2D eigenvalue weighted by Crippen LogP contribution is 2.46. The van der Waals surface area contributed by atoms with E-state index >= 15 is 0 Å². The lowest BCUT2D eigenvalue weighted by molar-refractivity contribution is 0.0511. The van der Waals surface area contributed by atoms with E-state index in [1.165, 1.54) is 0 Å². The van der Waals surface area contributed by atoms with E-state index in [-0.39, 0.29) is 42.9 Å². The Labute approximate surface area is 238 Å². The normalized spacial score (nSPS) is 10.8. The van der Waals surface area contributed by atoms with E-state index in [1.807, 2.05) is 79.7 Å². The number of hydrogen-bond acceptors (Lipinski definition) is 8. The minimum atomic E-state index is -0.586. The molecule has 9 nitrogen and oxygen atoms in total. The first-order chi connectivity index (χ1) is 20.1. The van der Waals surface area contributed by atoms with E-state index in [0.29, 0.717) is 29.4 Å². The number of ether oxygens (including phenoxy) is 4. The van der Waals surface area contributed by atoms with E-state index < -0.39 is 5.97 Å². The molecule has 0 saturated heterocycles. The third-order valence-corrected chi connectivity index (χ3v) is 6.31. The number of benzene rings is 3. The van der Waals surface area contributed by atoms with Gasteiger partial charge in [0, 0.05) is 12.1 Å². The standard InChI is InChI=1S/C32H31N3O6/c1-4-26-33-34-31(41-26)27-29(39-20-22-12-8-6-9-13-22)30(40-21-23-14-10-7-11-15-23)28(32(36)38-5-2)35(27)24-16-18-25(37-3)19-17-24/h6-19H,4-5,20-21H2,1-3H3. The van der Waals surface area contributed by atoms with E-state index in [9.17, 15) is 4.79 Å². The number of carbonyl (C=O) groups excluding carboxylic acids is 1. The van der Waals surface area contributed by atoms with Crippen molar-refractivity contribution in [2.24, 2.45) is 0 Å². The molecule has 5 aromatic rings. The van der Waals surface area contributed by atoms with Gasteiger partial charge in [0.2, 0.25) is 5.89 Å². The first-order valence-electron chi connectivity index (χ1n) is 13.4. The van der Waals surface area contributed by atoms with Gasteiger partial charge in [0.1, 0.15) is 19.0 Å². The van der Waals surface area contributed by atoms with Crippen LogP contribution >= 0.6 is 0 Å². The quantitative estimate of drug-likeness (QED) is 0.163. The minimum Gasteiger partial charge on any atom is -0.497 e. The van der Waals surface area contributed by atoms with Gasteiger partial charge >= 0.3 is 5.97 Å². The summed E-state index contributed by atoms with van der Waals surface area (Å²) in [4.78, 5) is 13.7. The van der Waals surface area contributed by atoms with Crippen LogP contribution in [0, 0.1) is 0 Å². The third kappa shape index (κ3) is 6.09. The maximum atomic E-state index is 13.7. The lowest BCUT2D eigenvalue weighted by atomic mass is 10.2. The Hall–Kier alpha value is -5.05. The Morgan fingerprint density at radius 3 is 1.95 bits per heavy atom. The lowest BCUT2D eigenvalue weighted by Crippen LogP contribution is -2.13. The number of nitrogens with zero attached hydrogens (tertiary/aromatic N) is 3. The van der Waals surface area contributed by atoms with Crippen molar-refractivity contribution in [3.63, 3.8) is 0 Å². The third-order valence-electron chi connectivity index (χ3n) is 6.31. The fourth-order valence-corrected chi connectivity index (χ4v) is 4.32. The van der Waals surface area contributed by atoms with Crippen LogP contribution in [0.5, 0.6) is 17.2 Å².